The van der Waals surface area contributed by atoms with Crippen molar-refractivity contribution in [2.45, 2.75) is 39.7 Å². The molecule has 1 N–H and O–H groups in total. The normalized spacial score (nSPS) is 11.3. The molecule has 2 aromatic carbocycles. The Balaban J connectivity index is 1.94. The van der Waals surface area contributed by atoms with Gasteiger partial charge in [-0.15, -0.1) is 0 Å². The van der Waals surface area contributed by atoms with Crippen molar-refractivity contribution in [3.05, 3.63) is 42.0 Å². The van der Waals surface area contributed by atoms with Crippen LogP contribution in [0.4, 0.5) is 4.79 Å². The van der Waals surface area contributed by atoms with E-state index in [0.29, 0.717) is 13.2 Å². The number of benzene rings is 2. The van der Waals surface area contributed by atoms with Crippen LogP contribution in [0.25, 0.3) is 10.8 Å². The van der Waals surface area contributed by atoms with Gasteiger partial charge in [0, 0.05) is 5.39 Å². The number of hydrogen-bond acceptors (Lipinski definition) is 3. The number of nitrogens with one attached hydrogen (secondary N) is 1. The quantitative estimate of drug-likeness (QED) is 0.837. The first kappa shape index (κ1) is 17.1. The predicted octanol–water partition coefficient (Wildman–Crippen LogP) is 4.31. The molecular formula is C19H25NO3. The number of hydrogen-bond donors (Lipinski definition) is 1. The molecule has 124 valence electrons. The van der Waals surface area contributed by atoms with Crippen LogP contribution < -0.4 is 10.1 Å². The molecule has 0 fully saturated rings. The zero-order chi connectivity index (χ0) is 16.9. The fourth-order valence-electron chi connectivity index (χ4n) is 2.40. The van der Waals surface area contributed by atoms with Crippen molar-refractivity contribution in [3.8, 4) is 5.75 Å². The van der Waals surface area contributed by atoms with Crippen LogP contribution in [0.15, 0.2) is 36.4 Å². The molecule has 0 saturated heterocycles. The fourth-order valence-corrected chi connectivity index (χ4v) is 2.40. The highest BCUT2D eigenvalue weighted by Gasteiger charge is 2.15. The fraction of sp³-hybridized carbons (Fsp3) is 0.421. The van der Waals surface area contributed by atoms with E-state index in [2.05, 4.69) is 30.4 Å². The monoisotopic (exact) mass is 315 g/mol. The molecule has 0 aliphatic carbocycles. The molecule has 0 atom stereocenters. The molecular weight excluding hydrogens is 290 g/mol. The highest BCUT2D eigenvalue weighted by atomic mass is 16.6. The number of carbonyl (C=O) groups is 1. The lowest BCUT2D eigenvalue weighted by Crippen LogP contribution is -2.34. The van der Waals surface area contributed by atoms with Crippen molar-refractivity contribution < 1.29 is 14.3 Å². The van der Waals surface area contributed by atoms with Crippen molar-refractivity contribution in [2.24, 2.45) is 0 Å². The van der Waals surface area contributed by atoms with Gasteiger partial charge >= 0.3 is 6.09 Å². The van der Waals surface area contributed by atoms with Gasteiger partial charge in [0.25, 0.3) is 0 Å². The third-order valence-corrected chi connectivity index (χ3v) is 3.38. The van der Waals surface area contributed by atoms with Crippen LogP contribution in [0.5, 0.6) is 5.75 Å². The van der Waals surface area contributed by atoms with Gasteiger partial charge in [0.2, 0.25) is 0 Å². The molecule has 4 nitrogen and oxygen atoms in total. The second kappa shape index (κ2) is 7.36. The molecule has 0 saturated carbocycles. The molecule has 0 aliphatic heterocycles. The second-order valence-corrected chi connectivity index (χ2v) is 6.40. The largest absolute Gasteiger partial charge is 0.491 e. The van der Waals surface area contributed by atoms with Crippen LogP contribution in [0.2, 0.25) is 0 Å². The minimum absolute atomic E-state index is 0.398. The van der Waals surface area contributed by atoms with Gasteiger partial charge in [-0.1, -0.05) is 37.3 Å². The Kier molecular flexibility index (Phi) is 5.48. The topological polar surface area (TPSA) is 47.6 Å². The summed E-state index contributed by atoms with van der Waals surface area (Å²) < 4.78 is 11.0. The summed E-state index contributed by atoms with van der Waals surface area (Å²) in [6.07, 6.45) is 0.563. The Morgan fingerprint density at radius 1 is 1.09 bits per heavy atom. The maximum Gasteiger partial charge on any atom is 0.407 e. The number of amides is 1. The van der Waals surface area contributed by atoms with Crippen LogP contribution in [0.3, 0.4) is 0 Å². The van der Waals surface area contributed by atoms with E-state index in [4.69, 9.17) is 9.47 Å². The summed E-state index contributed by atoms with van der Waals surface area (Å²) in [7, 11) is 0. The summed E-state index contributed by atoms with van der Waals surface area (Å²) in [5.41, 5.74) is 0.816. The highest BCUT2D eigenvalue weighted by molar-refractivity contribution is 5.91. The first-order valence-corrected chi connectivity index (χ1v) is 8.01. The average molecular weight is 315 g/mol. The molecule has 2 aromatic rings. The van der Waals surface area contributed by atoms with Crippen LogP contribution in [-0.2, 0) is 11.2 Å². The van der Waals surface area contributed by atoms with Gasteiger partial charge in [-0.05, 0) is 44.2 Å². The number of carbonyl (C=O) groups excluding carboxylic acids is 1. The molecule has 0 heterocycles. The van der Waals surface area contributed by atoms with Crippen molar-refractivity contribution in [1.29, 1.82) is 0 Å². The van der Waals surface area contributed by atoms with Gasteiger partial charge in [-0.3, -0.25) is 0 Å². The van der Waals surface area contributed by atoms with Crippen LogP contribution in [-0.4, -0.2) is 24.8 Å². The zero-order valence-corrected chi connectivity index (χ0v) is 14.3. The Hall–Kier alpha value is -2.23. The average Bonchev–Trinajstić information content (AvgIpc) is 2.49. The zero-order valence-electron chi connectivity index (χ0n) is 14.3. The van der Waals surface area contributed by atoms with E-state index in [0.717, 1.165) is 17.6 Å². The third kappa shape index (κ3) is 4.88. The summed E-state index contributed by atoms with van der Waals surface area (Å²) >= 11 is 0. The van der Waals surface area contributed by atoms with Crippen LogP contribution in [0, 0.1) is 0 Å². The lowest BCUT2D eigenvalue weighted by molar-refractivity contribution is 0.0520. The highest BCUT2D eigenvalue weighted by Crippen LogP contribution is 2.28. The van der Waals surface area contributed by atoms with Crippen molar-refractivity contribution in [2.75, 3.05) is 13.2 Å². The summed E-state index contributed by atoms with van der Waals surface area (Å²) in [6.45, 7) is 8.46. The number of alkyl carbamates (subject to hydrolysis) is 1. The van der Waals surface area contributed by atoms with E-state index in [1.165, 1.54) is 10.9 Å². The first-order chi connectivity index (χ1) is 10.9. The molecule has 0 aliphatic rings. The Morgan fingerprint density at radius 2 is 1.78 bits per heavy atom. The maximum atomic E-state index is 11.6. The Labute approximate surface area is 137 Å². The SMILES string of the molecule is CCc1ccc(OCCNC(=O)OC(C)(C)C)c2ccccc12. The number of aryl methyl sites for hydroxylation is 1. The minimum atomic E-state index is -0.489. The standard InChI is InChI=1S/C19H25NO3/c1-5-14-10-11-17(16-9-7-6-8-15(14)16)22-13-12-20-18(21)23-19(2,3)4/h6-11H,5,12-13H2,1-4H3,(H,20,21). The Bertz CT molecular complexity index is 674. The molecule has 4 heteroatoms. The molecule has 0 unspecified atom stereocenters. The van der Waals surface area contributed by atoms with Crippen molar-refractivity contribution >= 4 is 16.9 Å². The third-order valence-electron chi connectivity index (χ3n) is 3.38. The number of ether oxygens (including phenoxy) is 2. The van der Waals surface area contributed by atoms with E-state index >= 15 is 0 Å². The van der Waals surface area contributed by atoms with Gasteiger partial charge in [-0.25, -0.2) is 4.79 Å². The van der Waals surface area contributed by atoms with E-state index < -0.39 is 11.7 Å². The van der Waals surface area contributed by atoms with Crippen LogP contribution in [0.1, 0.15) is 33.3 Å². The summed E-state index contributed by atoms with van der Waals surface area (Å²) in [6, 6.07) is 12.3. The van der Waals surface area contributed by atoms with Crippen molar-refractivity contribution in [3.63, 3.8) is 0 Å². The van der Waals surface area contributed by atoms with Gasteiger partial charge in [0.15, 0.2) is 0 Å². The first-order valence-electron chi connectivity index (χ1n) is 8.01. The molecule has 0 radical (unpaired) electrons. The molecule has 0 aromatic heterocycles. The lowest BCUT2D eigenvalue weighted by Gasteiger charge is -2.19. The summed E-state index contributed by atoms with van der Waals surface area (Å²) in [4.78, 5) is 11.6. The van der Waals surface area contributed by atoms with Gasteiger partial charge in [0.05, 0.1) is 6.54 Å². The predicted molar refractivity (Wildman–Crippen MR) is 93.1 cm³/mol. The van der Waals surface area contributed by atoms with E-state index in [9.17, 15) is 4.79 Å². The second-order valence-electron chi connectivity index (χ2n) is 6.40. The maximum absolute atomic E-state index is 11.6. The van der Waals surface area contributed by atoms with Crippen LogP contribution >= 0.6 is 0 Å². The van der Waals surface area contributed by atoms with Gasteiger partial charge < -0.3 is 14.8 Å². The summed E-state index contributed by atoms with van der Waals surface area (Å²) in [5.74, 6) is 0.837. The van der Waals surface area contributed by atoms with E-state index in [-0.39, 0.29) is 0 Å². The molecule has 0 bridgehead atoms. The number of fused-ring (bicyclic) bond motifs is 1. The Morgan fingerprint density at radius 3 is 2.43 bits per heavy atom. The lowest BCUT2D eigenvalue weighted by atomic mass is 10.0. The van der Waals surface area contributed by atoms with Gasteiger partial charge in [0.1, 0.15) is 18.0 Å². The van der Waals surface area contributed by atoms with Crippen molar-refractivity contribution in [1.82, 2.24) is 5.32 Å². The van der Waals surface area contributed by atoms with E-state index in [1.807, 2.05) is 39.0 Å². The summed E-state index contributed by atoms with van der Waals surface area (Å²) in [5, 5.41) is 5.01. The number of rotatable bonds is 5. The molecule has 2 rings (SSSR count). The van der Waals surface area contributed by atoms with Gasteiger partial charge in [-0.2, -0.15) is 0 Å². The smallest absolute Gasteiger partial charge is 0.407 e. The molecule has 23 heavy (non-hydrogen) atoms. The minimum Gasteiger partial charge on any atom is -0.491 e. The van der Waals surface area contributed by atoms with E-state index in [1.54, 1.807) is 0 Å². The molecule has 0 spiro atoms. The molecule has 1 amide bonds.